The van der Waals surface area contributed by atoms with E-state index in [-0.39, 0.29) is 27.0 Å². The number of fused-ring (bicyclic) bond motifs is 1. The molecule has 7 nitrogen and oxygen atoms in total. The zero-order chi connectivity index (χ0) is 23.6. The summed E-state index contributed by atoms with van der Waals surface area (Å²) < 4.78 is 72.5. The third-order valence-electron chi connectivity index (χ3n) is 4.56. The predicted molar refractivity (Wildman–Crippen MR) is 116 cm³/mol. The summed E-state index contributed by atoms with van der Waals surface area (Å²) in [6, 6.07) is 10.5. The maximum atomic E-state index is 13.2. The number of nitriles is 1. The molecular weight excluding hydrogens is 477 g/mol. The fourth-order valence-corrected chi connectivity index (χ4v) is 4.93. The molecule has 4 rings (SSSR count). The first kappa shape index (κ1) is 22.5. The van der Waals surface area contributed by atoms with Gasteiger partial charge in [0.2, 0.25) is 0 Å². The number of aromatic nitrogens is 2. The molecule has 0 radical (unpaired) electrons. The maximum absolute atomic E-state index is 13.2. The van der Waals surface area contributed by atoms with E-state index in [4.69, 9.17) is 10.00 Å². The smallest absolute Gasteiger partial charge is 0.416 e. The lowest BCUT2D eigenvalue weighted by Crippen LogP contribution is -2.12. The van der Waals surface area contributed by atoms with Crippen molar-refractivity contribution in [3.05, 3.63) is 65.8 Å². The van der Waals surface area contributed by atoms with Crippen molar-refractivity contribution >= 4 is 37.3 Å². The molecule has 0 atom stereocenters. The summed E-state index contributed by atoms with van der Waals surface area (Å²) in [4.78, 5) is 8.16. The van der Waals surface area contributed by atoms with Crippen LogP contribution in [-0.2, 0) is 16.2 Å². The zero-order valence-corrected chi connectivity index (χ0v) is 18.1. The van der Waals surface area contributed by atoms with Crippen molar-refractivity contribution in [2.45, 2.75) is 11.1 Å². The highest BCUT2D eigenvalue weighted by atomic mass is 32.2. The van der Waals surface area contributed by atoms with Crippen LogP contribution in [0.25, 0.3) is 22.0 Å². The Balaban J connectivity index is 1.80. The molecule has 0 fully saturated rings. The van der Waals surface area contributed by atoms with Crippen molar-refractivity contribution < 1.29 is 26.3 Å². The molecule has 33 heavy (non-hydrogen) atoms. The van der Waals surface area contributed by atoms with E-state index in [0.717, 1.165) is 23.5 Å². The average Bonchev–Trinajstić information content (AvgIpc) is 3.28. The molecular formula is C21H13F3N4O3S2. The van der Waals surface area contributed by atoms with Crippen LogP contribution in [0.3, 0.4) is 0 Å². The largest absolute Gasteiger partial charge is 0.478 e. The normalized spacial score (nSPS) is 11.8. The van der Waals surface area contributed by atoms with Crippen LogP contribution < -0.4 is 9.46 Å². The Morgan fingerprint density at radius 1 is 1.09 bits per heavy atom. The number of thiazole rings is 1. The highest BCUT2D eigenvalue weighted by molar-refractivity contribution is 7.93. The molecule has 168 valence electrons. The van der Waals surface area contributed by atoms with Crippen LogP contribution in [0.2, 0.25) is 0 Å². The average molecular weight is 490 g/mol. The van der Waals surface area contributed by atoms with E-state index in [1.807, 2.05) is 0 Å². The van der Waals surface area contributed by atoms with Crippen LogP contribution in [0.4, 0.5) is 18.3 Å². The van der Waals surface area contributed by atoms with Gasteiger partial charge in [-0.3, -0.25) is 9.71 Å². The molecule has 0 aliphatic rings. The van der Waals surface area contributed by atoms with Crippen LogP contribution in [0.1, 0.15) is 5.56 Å². The van der Waals surface area contributed by atoms with Gasteiger partial charge < -0.3 is 4.74 Å². The molecule has 1 N–H and O–H groups in total. The topological polar surface area (TPSA) is 105 Å². The number of ether oxygens (including phenoxy) is 1. The Hall–Kier alpha value is -3.69. The molecule has 12 heteroatoms. The Kier molecular flexibility index (Phi) is 5.92. The number of anilines is 1. The Bertz CT molecular complexity index is 1460. The SMILES string of the molecule is N#CCOc1cc(C(F)(F)F)ccc1-c1nccc2cc(S(=O)(=O)Nc3nccs3)ccc12. The molecule has 0 spiro atoms. The van der Waals surface area contributed by atoms with Crippen molar-refractivity contribution in [2.24, 2.45) is 0 Å². The van der Waals surface area contributed by atoms with Crippen LogP contribution in [0.5, 0.6) is 5.75 Å². The molecule has 0 bridgehead atoms. The summed E-state index contributed by atoms with van der Waals surface area (Å²) in [6.45, 7) is -0.454. The second-order valence-electron chi connectivity index (χ2n) is 6.64. The van der Waals surface area contributed by atoms with Crippen molar-refractivity contribution in [3.8, 4) is 23.1 Å². The summed E-state index contributed by atoms with van der Waals surface area (Å²) in [5.74, 6) is -0.159. The number of rotatable bonds is 6. The Morgan fingerprint density at radius 3 is 2.61 bits per heavy atom. The summed E-state index contributed by atoms with van der Waals surface area (Å²) in [7, 11) is -3.90. The summed E-state index contributed by atoms with van der Waals surface area (Å²) in [5.41, 5.74) is -0.410. The van der Waals surface area contributed by atoms with Gasteiger partial charge in [-0.15, -0.1) is 11.3 Å². The van der Waals surface area contributed by atoms with Gasteiger partial charge in [0, 0.05) is 28.7 Å². The maximum Gasteiger partial charge on any atom is 0.416 e. The predicted octanol–water partition coefficient (Wildman–Crippen LogP) is 5.08. The van der Waals surface area contributed by atoms with Gasteiger partial charge in [0.1, 0.15) is 11.8 Å². The number of nitrogens with zero attached hydrogens (tertiary/aromatic N) is 3. The van der Waals surface area contributed by atoms with Gasteiger partial charge in [0.25, 0.3) is 10.0 Å². The number of sulfonamides is 1. The van der Waals surface area contributed by atoms with Crippen molar-refractivity contribution in [3.63, 3.8) is 0 Å². The van der Waals surface area contributed by atoms with E-state index in [1.54, 1.807) is 17.5 Å². The van der Waals surface area contributed by atoms with E-state index in [9.17, 15) is 21.6 Å². The second-order valence-corrected chi connectivity index (χ2v) is 9.22. The van der Waals surface area contributed by atoms with E-state index < -0.39 is 28.4 Å². The van der Waals surface area contributed by atoms with Gasteiger partial charge in [-0.1, -0.05) is 6.07 Å². The van der Waals surface area contributed by atoms with Crippen molar-refractivity contribution in [2.75, 3.05) is 11.3 Å². The monoisotopic (exact) mass is 490 g/mol. The zero-order valence-electron chi connectivity index (χ0n) is 16.5. The number of alkyl halides is 3. The number of pyridine rings is 1. The van der Waals surface area contributed by atoms with Gasteiger partial charge in [0.15, 0.2) is 11.7 Å². The van der Waals surface area contributed by atoms with Crippen molar-refractivity contribution in [1.82, 2.24) is 9.97 Å². The molecule has 0 aliphatic carbocycles. The minimum absolute atomic E-state index is 0.0178. The second kappa shape index (κ2) is 8.68. The number of benzene rings is 2. The van der Waals surface area contributed by atoms with E-state index in [2.05, 4.69) is 14.7 Å². The lowest BCUT2D eigenvalue weighted by atomic mass is 10.0. The quantitative estimate of drug-likeness (QED) is 0.404. The highest BCUT2D eigenvalue weighted by Crippen LogP contribution is 2.39. The first-order valence-corrected chi connectivity index (χ1v) is 11.6. The number of nitrogens with one attached hydrogen (secondary N) is 1. The fraction of sp³-hybridized carbons (Fsp3) is 0.0952. The fourth-order valence-electron chi connectivity index (χ4n) is 3.11. The van der Waals surface area contributed by atoms with Gasteiger partial charge in [-0.05, 0) is 41.8 Å². The molecule has 2 aromatic carbocycles. The highest BCUT2D eigenvalue weighted by Gasteiger charge is 2.31. The van der Waals surface area contributed by atoms with Crippen molar-refractivity contribution in [1.29, 1.82) is 5.26 Å². The minimum Gasteiger partial charge on any atom is -0.478 e. The van der Waals surface area contributed by atoms with E-state index in [1.165, 1.54) is 36.7 Å². The molecule has 0 aliphatic heterocycles. The molecule has 4 aromatic rings. The molecule has 0 unspecified atom stereocenters. The van der Waals surface area contributed by atoms with Gasteiger partial charge >= 0.3 is 6.18 Å². The number of halogens is 3. The standard InChI is InChI=1S/C21H13F3N4O3S2/c22-21(23,24)14-1-3-17(18(12-14)31-9-6-25)19-16-4-2-15(11-13(16)5-7-26-19)33(29,30)28-20-27-8-10-32-20/h1-5,7-8,10-12H,9H2,(H,27,28). The van der Waals surface area contributed by atoms with Gasteiger partial charge in [-0.2, -0.15) is 18.4 Å². The molecule has 2 heterocycles. The first-order chi connectivity index (χ1) is 15.7. The lowest BCUT2D eigenvalue weighted by molar-refractivity contribution is -0.137. The van der Waals surface area contributed by atoms with Crippen LogP contribution in [-0.4, -0.2) is 25.0 Å². The van der Waals surface area contributed by atoms with Crippen LogP contribution in [0, 0.1) is 11.3 Å². The molecule has 0 saturated carbocycles. The third kappa shape index (κ3) is 4.74. The van der Waals surface area contributed by atoms with Gasteiger partial charge in [0.05, 0.1) is 16.2 Å². The molecule has 0 saturated heterocycles. The molecule has 2 aromatic heterocycles. The number of hydrogen-bond acceptors (Lipinski definition) is 7. The van der Waals surface area contributed by atoms with Gasteiger partial charge in [-0.25, -0.2) is 13.4 Å². The van der Waals surface area contributed by atoms with Crippen LogP contribution in [0.15, 0.2) is 65.1 Å². The molecule has 0 amide bonds. The summed E-state index contributed by atoms with van der Waals surface area (Å²) in [6.07, 6.45) is -1.71. The Labute approximate surface area is 190 Å². The summed E-state index contributed by atoms with van der Waals surface area (Å²) >= 11 is 1.13. The lowest BCUT2D eigenvalue weighted by Gasteiger charge is -2.15. The third-order valence-corrected chi connectivity index (χ3v) is 6.71. The van der Waals surface area contributed by atoms with E-state index in [0.29, 0.717) is 10.8 Å². The number of hydrogen-bond donors (Lipinski definition) is 1. The van der Waals surface area contributed by atoms with E-state index >= 15 is 0 Å². The summed E-state index contributed by atoms with van der Waals surface area (Å²) in [5, 5.41) is 11.6. The minimum atomic E-state index is -4.59. The van der Waals surface area contributed by atoms with Crippen LogP contribution >= 0.6 is 11.3 Å². The first-order valence-electron chi connectivity index (χ1n) is 9.21. The Morgan fingerprint density at radius 2 is 1.91 bits per heavy atom.